The Hall–Kier alpha value is -1.06. The summed E-state index contributed by atoms with van der Waals surface area (Å²) in [6, 6.07) is 3.99. The van der Waals surface area contributed by atoms with Crippen LogP contribution in [0.15, 0.2) is 28.2 Å². The molecule has 2 aromatic rings. The van der Waals surface area contributed by atoms with E-state index in [2.05, 4.69) is 18.4 Å². The highest BCUT2D eigenvalue weighted by molar-refractivity contribution is 7.10. The van der Waals surface area contributed by atoms with E-state index in [0.717, 1.165) is 11.3 Å². The quantitative estimate of drug-likeness (QED) is 0.822. The molecule has 0 amide bonds. The molecule has 1 unspecified atom stereocenters. The Morgan fingerprint density at radius 3 is 2.64 bits per heavy atom. The summed E-state index contributed by atoms with van der Waals surface area (Å²) in [5.41, 5.74) is 8.49. The molecule has 2 rings (SSSR count). The normalized spacial score (nSPS) is 13.1. The third kappa shape index (κ3) is 1.49. The first-order chi connectivity index (χ1) is 6.70. The molecule has 0 aliphatic carbocycles. The van der Waals surface area contributed by atoms with Gasteiger partial charge in [-0.15, -0.1) is 11.3 Å². The Morgan fingerprint density at radius 1 is 1.36 bits per heavy atom. The Bertz CT molecular complexity index is 390. The van der Waals surface area contributed by atoms with Gasteiger partial charge in [-0.3, -0.25) is 0 Å². The van der Waals surface area contributed by atoms with Gasteiger partial charge in [-0.25, -0.2) is 0 Å². The highest BCUT2D eigenvalue weighted by Crippen LogP contribution is 2.29. The average molecular weight is 207 g/mol. The lowest BCUT2D eigenvalue weighted by molar-refractivity contribution is 0.528. The molecular weight excluding hydrogens is 194 g/mol. The zero-order valence-corrected chi connectivity index (χ0v) is 9.10. The molecule has 0 bridgehead atoms. The smallest absolute Gasteiger partial charge is 0.105 e. The summed E-state index contributed by atoms with van der Waals surface area (Å²) in [5.74, 6) is 0.908. The van der Waals surface area contributed by atoms with Gasteiger partial charge in [0.25, 0.3) is 0 Å². The first kappa shape index (κ1) is 9.49. The molecule has 0 fully saturated rings. The molecule has 0 aromatic carbocycles. The van der Waals surface area contributed by atoms with E-state index in [1.54, 1.807) is 17.6 Å². The van der Waals surface area contributed by atoms with Crippen LogP contribution in [0.5, 0.6) is 0 Å². The van der Waals surface area contributed by atoms with Crippen molar-refractivity contribution in [1.82, 2.24) is 0 Å². The number of rotatable bonds is 2. The van der Waals surface area contributed by atoms with Gasteiger partial charge in [-0.05, 0) is 36.9 Å². The molecule has 0 saturated carbocycles. The van der Waals surface area contributed by atoms with E-state index in [4.69, 9.17) is 10.2 Å². The number of furan rings is 1. The van der Waals surface area contributed by atoms with Crippen LogP contribution in [0.25, 0.3) is 0 Å². The molecule has 0 radical (unpaired) electrons. The largest absolute Gasteiger partial charge is 0.469 e. The molecule has 0 spiro atoms. The molecule has 2 heterocycles. The van der Waals surface area contributed by atoms with Gasteiger partial charge in [0.1, 0.15) is 5.76 Å². The van der Waals surface area contributed by atoms with E-state index in [1.165, 1.54) is 10.4 Å². The van der Waals surface area contributed by atoms with Crippen molar-refractivity contribution in [1.29, 1.82) is 0 Å². The van der Waals surface area contributed by atoms with E-state index < -0.39 is 0 Å². The molecule has 2 N–H and O–H groups in total. The average Bonchev–Trinajstić information content (AvgIpc) is 2.73. The first-order valence-corrected chi connectivity index (χ1v) is 5.41. The van der Waals surface area contributed by atoms with Crippen molar-refractivity contribution < 1.29 is 4.42 Å². The van der Waals surface area contributed by atoms with E-state index in [1.807, 2.05) is 13.0 Å². The third-order valence-electron chi connectivity index (χ3n) is 2.42. The molecule has 0 saturated heterocycles. The third-order valence-corrected chi connectivity index (χ3v) is 3.52. The highest BCUT2D eigenvalue weighted by atomic mass is 32.1. The second-order valence-electron chi connectivity index (χ2n) is 3.38. The van der Waals surface area contributed by atoms with Gasteiger partial charge < -0.3 is 10.2 Å². The molecule has 0 aliphatic heterocycles. The molecule has 74 valence electrons. The van der Waals surface area contributed by atoms with Crippen molar-refractivity contribution in [3.63, 3.8) is 0 Å². The summed E-state index contributed by atoms with van der Waals surface area (Å²) in [5, 5.41) is 2.07. The zero-order valence-electron chi connectivity index (χ0n) is 8.28. The maximum Gasteiger partial charge on any atom is 0.105 e. The minimum Gasteiger partial charge on any atom is -0.469 e. The molecule has 14 heavy (non-hydrogen) atoms. The standard InChI is InChI=1S/C11H13NOS/c1-7-4-6-14-11(7)10(12)9-3-5-13-8(9)2/h3-6,10H,12H2,1-2H3. The van der Waals surface area contributed by atoms with Gasteiger partial charge in [-0.1, -0.05) is 0 Å². The Balaban J connectivity index is 2.38. The van der Waals surface area contributed by atoms with Gasteiger partial charge in [0.2, 0.25) is 0 Å². The van der Waals surface area contributed by atoms with Gasteiger partial charge in [0, 0.05) is 10.4 Å². The fourth-order valence-electron chi connectivity index (χ4n) is 1.56. The monoisotopic (exact) mass is 207 g/mol. The molecule has 3 heteroatoms. The van der Waals surface area contributed by atoms with Crippen LogP contribution in [0.4, 0.5) is 0 Å². The molecule has 2 nitrogen and oxygen atoms in total. The van der Waals surface area contributed by atoms with Crippen LogP contribution in [-0.2, 0) is 0 Å². The lowest BCUT2D eigenvalue weighted by Crippen LogP contribution is -2.11. The highest BCUT2D eigenvalue weighted by Gasteiger charge is 2.16. The number of hydrogen-bond acceptors (Lipinski definition) is 3. The number of hydrogen-bond donors (Lipinski definition) is 1. The van der Waals surface area contributed by atoms with Gasteiger partial charge in [-0.2, -0.15) is 0 Å². The van der Waals surface area contributed by atoms with Crippen molar-refractivity contribution in [2.75, 3.05) is 0 Å². The van der Waals surface area contributed by atoms with Crippen LogP contribution in [0, 0.1) is 13.8 Å². The molecule has 0 aliphatic rings. The predicted molar refractivity (Wildman–Crippen MR) is 58.5 cm³/mol. The summed E-state index contributed by atoms with van der Waals surface area (Å²) in [4.78, 5) is 1.22. The number of nitrogens with two attached hydrogens (primary N) is 1. The molecular formula is C11H13NOS. The van der Waals surface area contributed by atoms with E-state index in [9.17, 15) is 0 Å². The Labute approximate surface area is 87.4 Å². The van der Waals surface area contributed by atoms with E-state index in [0.29, 0.717) is 0 Å². The van der Waals surface area contributed by atoms with Crippen LogP contribution in [-0.4, -0.2) is 0 Å². The Kier molecular flexibility index (Phi) is 2.44. The minimum absolute atomic E-state index is 0.0475. The maximum absolute atomic E-state index is 6.16. The van der Waals surface area contributed by atoms with Crippen LogP contribution >= 0.6 is 11.3 Å². The lowest BCUT2D eigenvalue weighted by atomic mass is 10.1. The summed E-state index contributed by atoms with van der Waals surface area (Å²) in [7, 11) is 0. The van der Waals surface area contributed by atoms with Crippen LogP contribution < -0.4 is 5.73 Å². The van der Waals surface area contributed by atoms with Crippen LogP contribution in [0.1, 0.15) is 27.8 Å². The second kappa shape index (κ2) is 3.59. The van der Waals surface area contributed by atoms with Crippen LogP contribution in [0.2, 0.25) is 0 Å². The summed E-state index contributed by atoms with van der Waals surface area (Å²) >= 11 is 1.70. The predicted octanol–water partition coefficient (Wildman–Crippen LogP) is 3.01. The second-order valence-corrected chi connectivity index (χ2v) is 4.33. The molecule has 2 aromatic heterocycles. The van der Waals surface area contributed by atoms with Crippen molar-refractivity contribution in [2.24, 2.45) is 5.73 Å². The fourth-order valence-corrected chi connectivity index (χ4v) is 2.51. The fraction of sp³-hybridized carbons (Fsp3) is 0.273. The zero-order chi connectivity index (χ0) is 10.1. The number of aryl methyl sites for hydroxylation is 2. The van der Waals surface area contributed by atoms with Crippen molar-refractivity contribution in [3.8, 4) is 0 Å². The summed E-state index contributed by atoms with van der Waals surface area (Å²) in [6.45, 7) is 4.03. The Morgan fingerprint density at radius 2 is 2.14 bits per heavy atom. The van der Waals surface area contributed by atoms with Crippen molar-refractivity contribution in [2.45, 2.75) is 19.9 Å². The van der Waals surface area contributed by atoms with Gasteiger partial charge in [0.05, 0.1) is 12.3 Å². The first-order valence-electron chi connectivity index (χ1n) is 4.53. The SMILES string of the molecule is Cc1ccsc1C(N)c1ccoc1C. The van der Waals surface area contributed by atoms with Crippen molar-refractivity contribution in [3.05, 3.63) is 45.5 Å². The summed E-state index contributed by atoms with van der Waals surface area (Å²) < 4.78 is 5.25. The topological polar surface area (TPSA) is 39.2 Å². The van der Waals surface area contributed by atoms with Crippen LogP contribution in [0.3, 0.4) is 0 Å². The number of thiophene rings is 1. The summed E-state index contributed by atoms with van der Waals surface area (Å²) in [6.07, 6.45) is 1.69. The maximum atomic E-state index is 6.16. The van der Waals surface area contributed by atoms with E-state index in [-0.39, 0.29) is 6.04 Å². The van der Waals surface area contributed by atoms with Gasteiger partial charge >= 0.3 is 0 Å². The molecule has 1 atom stereocenters. The van der Waals surface area contributed by atoms with Crippen molar-refractivity contribution >= 4 is 11.3 Å². The van der Waals surface area contributed by atoms with E-state index >= 15 is 0 Å². The van der Waals surface area contributed by atoms with Gasteiger partial charge in [0.15, 0.2) is 0 Å². The minimum atomic E-state index is -0.0475. The lowest BCUT2D eigenvalue weighted by Gasteiger charge is -2.09.